The van der Waals surface area contributed by atoms with Gasteiger partial charge in [-0.1, -0.05) is 56.1 Å². The Morgan fingerprint density at radius 2 is 1.10 bits per heavy atom. The van der Waals surface area contributed by atoms with Crippen molar-refractivity contribution in [2.45, 2.75) is 13.2 Å². The molecule has 6 heteroatoms. The van der Waals surface area contributed by atoms with Crippen LogP contribution in [0.2, 0.25) is 0 Å². The molecule has 2 aromatic carbocycles. The standard InChI is InChI=1S/C14H12Br2O3P/c15-13-5-1-11(2-6-13)9-18-20(17)19-10-12-3-7-14(16)8-4-12/h1-8H,9-10H2/q+1. The lowest BCUT2D eigenvalue weighted by Crippen LogP contribution is -1.89. The highest BCUT2D eigenvalue weighted by Crippen LogP contribution is 2.27. The van der Waals surface area contributed by atoms with E-state index >= 15 is 0 Å². The highest BCUT2D eigenvalue weighted by Gasteiger charge is 2.20. The van der Waals surface area contributed by atoms with E-state index in [0.717, 1.165) is 20.1 Å². The van der Waals surface area contributed by atoms with Crippen molar-refractivity contribution in [1.82, 2.24) is 0 Å². The highest BCUT2D eigenvalue weighted by atomic mass is 79.9. The van der Waals surface area contributed by atoms with Gasteiger partial charge in [0.15, 0.2) is 0 Å². The summed E-state index contributed by atoms with van der Waals surface area (Å²) in [5.74, 6) is 0. The molecule has 0 heterocycles. The van der Waals surface area contributed by atoms with Crippen LogP contribution in [0.4, 0.5) is 0 Å². The molecule has 0 saturated heterocycles. The van der Waals surface area contributed by atoms with Crippen molar-refractivity contribution in [3.63, 3.8) is 0 Å². The predicted molar refractivity (Wildman–Crippen MR) is 85.5 cm³/mol. The molecule has 0 saturated carbocycles. The third-order valence-corrected chi connectivity index (χ3v) is 4.24. The van der Waals surface area contributed by atoms with Crippen molar-refractivity contribution in [3.05, 3.63) is 68.6 Å². The monoisotopic (exact) mass is 417 g/mol. The Morgan fingerprint density at radius 3 is 1.45 bits per heavy atom. The molecule has 0 spiro atoms. The van der Waals surface area contributed by atoms with Gasteiger partial charge < -0.3 is 0 Å². The van der Waals surface area contributed by atoms with Crippen molar-refractivity contribution in [2.75, 3.05) is 0 Å². The number of benzene rings is 2. The summed E-state index contributed by atoms with van der Waals surface area (Å²) in [6, 6.07) is 15.3. The van der Waals surface area contributed by atoms with Gasteiger partial charge in [-0.05, 0) is 35.4 Å². The summed E-state index contributed by atoms with van der Waals surface area (Å²) >= 11 is 6.71. The van der Waals surface area contributed by atoms with Crippen molar-refractivity contribution in [2.24, 2.45) is 0 Å². The molecule has 0 unspecified atom stereocenters. The van der Waals surface area contributed by atoms with E-state index in [-0.39, 0.29) is 13.2 Å². The van der Waals surface area contributed by atoms with E-state index in [0.29, 0.717) is 0 Å². The fourth-order valence-corrected chi connectivity index (χ4v) is 2.57. The van der Waals surface area contributed by atoms with Crippen molar-refractivity contribution >= 4 is 40.1 Å². The minimum atomic E-state index is -2.12. The molecule has 3 nitrogen and oxygen atoms in total. The quantitative estimate of drug-likeness (QED) is 0.572. The molecular weight excluding hydrogens is 407 g/mol. The first kappa shape index (κ1) is 15.8. The number of halogens is 2. The SMILES string of the molecule is O=[P+](OCc1ccc(Br)cc1)OCc1ccc(Br)cc1. The van der Waals surface area contributed by atoms with E-state index < -0.39 is 8.25 Å². The first-order valence-electron chi connectivity index (χ1n) is 5.85. The molecule has 0 bridgehead atoms. The summed E-state index contributed by atoms with van der Waals surface area (Å²) < 4.78 is 24.0. The fraction of sp³-hybridized carbons (Fsp3) is 0.143. The Balaban J connectivity index is 1.75. The predicted octanol–water partition coefficient (Wildman–Crippen LogP) is 5.60. The largest absolute Gasteiger partial charge is 0.698 e. The molecule has 0 radical (unpaired) electrons. The van der Waals surface area contributed by atoms with Gasteiger partial charge in [0.05, 0.1) is 0 Å². The van der Waals surface area contributed by atoms with Gasteiger partial charge in [-0.15, -0.1) is 9.05 Å². The molecule has 2 aromatic rings. The molecule has 0 atom stereocenters. The van der Waals surface area contributed by atoms with Crippen LogP contribution in [0.15, 0.2) is 57.5 Å². The van der Waals surface area contributed by atoms with E-state index in [1.807, 2.05) is 48.5 Å². The van der Waals surface area contributed by atoms with Crippen LogP contribution in [0, 0.1) is 0 Å². The number of rotatable bonds is 6. The van der Waals surface area contributed by atoms with E-state index in [1.54, 1.807) is 0 Å². The molecule has 104 valence electrons. The zero-order valence-electron chi connectivity index (χ0n) is 10.5. The molecule has 20 heavy (non-hydrogen) atoms. The van der Waals surface area contributed by atoms with Gasteiger partial charge in [-0.2, -0.15) is 0 Å². The summed E-state index contributed by atoms with van der Waals surface area (Å²) in [5.41, 5.74) is 1.90. The van der Waals surface area contributed by atoms with Gasteiger partial charge in [-0.3, -0.25) is 0 Å². The van der Waals surface area contributed by atoms with Crippen LogP contribution in [0.3, 0.4) is 0 Å². The lowest BCUT2D eigenvalue weighted by molar-refractivity contribution is 0.213. The van der Waals surface area contributed by atoms with Crippen LogP contribution >= 0.6 is 40.1 Å². The normalized spacial score (nSPS) is 10.5. The second-order valence-corrected chi connectivity index (χ2v) is 6.82. The van der Waals surface area contributed by atoms with E-state index in [2.05, 4.69) is 31.9 Å². The van der Waals surface area contributed by atoms with Crippen LogP contribution in [0.5, 0.6) is 0 Å². The molecular formula is C14H12Br2O3P+. The third kappa shape index (κ3) is 5.43. The summed E-state index contributed by atoms with van der Waals surface area (Å²) in [7, 11) is -2.12. The van der Waals surface area contributed by atoms with E-state index in [4.69, 9.17) is 9.05 Å². The lowest BCUT2D eigenvalue weighted by atomic mass is 10.2. The van der Waals surface area contributed by atoms with Crippen LogP contribution in [-0.2, 0) is 26.8 Å². The molecule has 0 aliphatic heterocycles. The van der Waals surface area contributed by atoms with E-state index in [9.17, 15) is 4.57 Å². The molecule has 0 fully saturated rings. The average Bonchev–Trinajstić information content (AvgIpc) is 2.46. The van der Waals surface area contributed by atoms with Gasteiger partial charge in [0.2, 0.25) is 0 Å². The highest BCUT2D eigenvalue weighted by molar-refractivity contribution is 9.10. The minimum Gasteiger partial charge on any atom is -0.114 e. The Morgan fingerprint density at radius 1 is 0.750 bits per heavy atom. The Hall–Kier alpha value is -0.580. The average molecular weight is 419 g/mol. The maximum Gasteiger partial charge on any atom is 0.698 e. The third-order valence-electron chi connectivity index (χ3n) is 2.50. The van der Waals surface area contributed by atoms with Crippen LogP contribution in [0.25, 0.3) is 0 Å². The van der Waals surface area contributed by atoms with Crippen LogP contribution in [-0.4, -0.2) is 0 Å². The van der Waals surface area contributed by atoms with Crippen LogP contribution in [0.1, 0.15) is 11.1 Å². The van der Waals surface area contributed by atoms with Gasteiger partial charge >= 0.3 is 8.25 Å². The molecule has 0 aliphatic rings. The molecule has 0 amide bonds. The van der Waals surface area contributed by atoms with Crippen molar-refractivity contribution in [1.29, 1.82) is 0 Å². The fourth-order valence-electron chi connectivity index (χ4n) is 1.45. The second-order valence-electron chi connectivity index (χ2n) is 4.02. The van der Waals surface area contributed by atoms with Crippen LogP contribution < -0.4 is 0 Å². The van der Waals surface area contributed by atoms with Gasteiger partial charge in [0, 0.05) is 13.5 Å². The van der Waals surface area contributed by atoms with Gasteiger partial charge in [-0.25, -0.2) is 0 Å². The Labute approximate surface area is 135 Å². The molecule has 2 rings (SSSR count). The summed E-state index contributed by atoms with van der Waals surface area (Å²) in [6.45, 7) is 0.533. The topological polar surface area (TPSA) is 35.5 Å². The van der Waals surface area contributed by atoms with Gasteiger partial charge in [0.1, 0.15) is 13.2 Å². The van der Waals surface area contributed by atoms with Gasteiger partial charge in [0.25, 0.3) is 0 Å². The maximum atomic E-state index is 11.6. The summed E-state index contributed by atoms with van der Waals surface area (Å²) in [4.78, 5) is 0. The maximum absolute atomic E-state index is 11.6. The first-order chi connectivity index (χ1) is 9.63. The summed E-state index contributed by atoms with van der Waals surface area (Å²) in [5, 5.41) is 0. The molecule has 0 N–H and O–H groups in total. The first-order valence-corrected chi connectivity index (χ1v) is 8.53. The molecule has 0 aromatic heterocycles. The second kappa shape index (κ2) is 8.01. The molecule has 0 aliphatic carbocycles. The lowest BCUT2D eigenvalue weighted by Gasteiger charge is -1.97. The number of hydrogen-bond donors (Lipinski definition) is 0. The number of hydrogen-bond acceptors (Lipinski definition) is 3. The zero-order valence-corrected chi connectivity index (χ0v) is 14.5. The Bertz CT molecular complexity index is 518. The summed E-state index contributed by atoms with van der Waals surface area (Å²) in [6.07, 6.45) is 0. The smallest absolute Gasteiger partial charge is 0.114 e. The Kier molecular flexibility index (Phi) is 6.33. The van der Waals surface area contributed by atoms with E-state index in [1.165, 1.54) is 0 Å². The van der Waals surface area contributed by atoms with Crippen molar-refractivity contribution < 1.29 is 13.6 Å². The minimum absolute atomic E-state index is 0.267. The van der Waals surface area contributed by atoms with Crippen molar-refractivity contribution in [3.8, 4) is 0 Å². The zero-order chi connectivity index (χ0) is 14.4.